The van der Waals surface area contributed by atoms with Crippen molar-refractivity contribution in [3.05, 3.63) is 76.7 Å². The molecule has 4 N–H and O–H groups in total. The van der Waals surface area contributed by atoms with Gasteiger partial charge in [-0.3, -0.25) is 9.59 Å². The maximum atomic E-state index is 13.4. The molecule has 0 aliphatic rings. The lowest BCUT2D eigenvalue weighted by Crippen LogP contribution is -2.15. The second kappa shape index (κ2) is 7.88. The number of aryl methyl sites for hydroxylation is 1. The molecule has 2 heterocycles. The molecular weight excluding hydrogens is 405 g/mol. The highest BCUT2D eigenvalue weighted by Gasteiger charge is 2.17. The molecule has 30 heavy (non-hydrogen) atoms. The lowest BCUT2D eigenvalue weighted by atomic mass is 10.1. The predicted molar refractivity (Wildman–Crippen MR) is 115 cm³/mol. The summed E-state index contributed by atoms with van der Waals surface area (Å²) in [4.78, 5) is 33.3. The number of nitrogen functional groups attached to an aromatic ring is 1. The molecule has 0 unspecified atom stereocenters. The second-order valence-corrected chi connectivity index (χ2v) is 7.41. The molecule has 150 valence electrons. The van der Waals surface area contributed by atoms with E-state index in [1.807, 2.05) is 6.92 Å². The highest BCUT2D eigenvalue weighted by atomic mass is 32.1. The van der Waals surface area contributed by atoms with Crippen molar-refractivity contribution in [2.75, 3.05) is 16.4 Å². The fraction of sp³-hybridized carbons (Fsp3) is 0.0476. The Balaban J connectivity index is 1.56. The van der Waals surface area contributed by atoms with Gasteiger partial charge in [0.1, 0.15) is 18.0 Å². The number of nitrogens with one attached hydrogen (secondary N) is 2. The minimum absolute atomic E-state index is 0.197. The summed E-state index contributed by atoms with van der Waals surface area (Å²) >= 11 is 1.30. The van der Waals surface area contributed by atoms with Crippen LogP contribution in [0.3, 0.4) is 0 Å². The molecular formula is C21H16FN5O2S. The molecule has 4 rings (SSSR count). The van der Waals surface area contributed by atoms with E-state index in [0.717, 1.165) is 11.6 Å². The van der Waals surface area contributed by atoms with Gasteiger partial charge in [0.25, 0.3) is 11.8 Å². The van der Waals surface area contributed by atoms with Gasteiger partial charge >= 0.3 is 0 Å². The Kier molecular flexibility index (Phi) is 5.11. The summed E-state index contributed by atoms with van der Waals surface area (Å²) in [5.41, 5.74) is 8.70. The van der Waals surface area contributed by atoms with Gasteiger partial charge in [-0.15, -0.1) is 11.3 Å². The first-order valence-electron chi connectivity index (χ1n) is 8.89. The largest absolute Gasteiger partial charge is 0.382 e. The van der Waals surface area contributed by atoms with E-state index in [4.69, 9.17) is 5.73 Å². The van der Waals surface area contributed by atoms with Crippen LogP contribution in [0, 0.1) is 12.7 Å². The summed E-state index contributed by atoms with van der Waals surface area (Å²) in [6, 6.07) is 10.5. The van der Waals surface area contributed by atoms with E-state index >= 15 is 0 Å². The van der Waals surface area contributed by atoms with Gasteiger partial charge < -0.3 is 16.4 Å². The first-order chi connectivity index (χ1) is 14.4. The molecule has 9 heteroatoms. The average Bonchev–Trinajstić information content (AvgIpc) is 3.16. The number of benzene rings is 2. The molecule has 2 aromatic heterocycles. The highest BCUT2D eigenvalue weighted by Crippen LogP contribution is 2.29. The van der Waals surface area contributed by atoms with E-state index < -0.39 is 11.7 Å². The Morgan fingerprint density at radius 1 is 1.07 bits per heavy atom. The minimum atomic E-state index is -0.494. The number of rotatable bonds is 4. The monoisotopic (exact) mass is 421 g/mol. The zero-order valence-electron chi connectivity index (χ0n) is 15.8. The van der Waals surface area contributed by atoms with Crippen molar-refractivity contribution in [1.29, 1.82) is 0 Å². The van der Waals surface area contributed by atoms with E-state index in [0.29, 0.717) is 33.0 Å². The number of hydrogen-bond donors (Lipinski definition) is 3. The maximum Gasteiger partial charge on any atom is 0.258 e. The van der Waals surface area contributed by atoms with Crippen LogP contribution in [0.5, 0.6) is 0 Å². The second-order valence-electron chi connectivity index (χ2n) is 6.53. The van der Waals surface area contributed by atoms with Crippen molar-refractivity contribution >= 4 is 50.6 Å². The lowest BCUT2D eigenvalue weighted by molar-refractivity contribution is 0.102. The third-order valence-electron chi connectivity index (χ3n) is 4.46. The summed E-state index contributed by atoms with van der Waals surface area (Å²) in [7, 11) is 0. The average molecular weight is 421 g/mol. The van der Waals surface area contributed by atoms with Crippen molar-refractivity contribution in [3.8, 4) is 0 Å². The molecule has 0 atom stereocenters. The van der Waals surface area contributed by atoms with Gasteiger partial charge in [0, 0.05) is 22.3 Å². The maximum absolute atomic E-state index is 13.4. The Bertz CT molecular complexity index is 1290. The Morgan fingerprint density at radius 2 is 1.90 bits per heavy atom. The van der Waals surface area contributed by atoms with Gasteiger partial charge in [-0.05, 0) is 42.8 Å². The molecule has 0 aliphatic carbocycles. The molecule has 0 aliphatic heterocycles. The number of aromatic nitrogens is 2. The SMILES string of the molecule is Cc1ccc(NC(=O)c2cccc(F)c2)cc1NC(=O)c1csc2c(N)ncnc12. The number of fused-ring (bicyclic) bond motifs is 1. The molecule has 0 fully saturated rings. The van der Waals surface area contributed by atoms with Crippen molar-refractivity contribution in [1.82, 2.24) is 9.97 Å². The van der Waals surface area contributed by atoms with E-state index in [-0.39, 0.29) is 11.5 Å². The van der Waals surface area contributed by atoms with Crippen molar-refractivity contribution in [2.24, 2.45) is 0 Å². The van der Waals surface area contributed by atoms with Crippen LogP contribution in [-0.2, 0) is 0 Å². The first-order valence-corrected chi connectivity index (χ1v) is 9.77. The van der Waals surface area contributed by atoms with Crippen LogP contribution >= 0.6 is 11.3 Å². The topological polar surface area (TPSA) is 110 Å². The quantitative estimate of drug-likeness (QED) is 0.457. The van der Waals surface area contributed by atoms with Gasteiger partial charge in [-0.1, -0.05) is 12.1 Å². The number of thiophene rings is 1. The first kappa shape index (κ1) is 19.5. The molecule has 2 amide bonds. The van der Waals surface area contributed by atoms with E-state index in [2.05, 4.69) is 20.6 Å². The van der Waals surface area contributed by atoms with Crippen LogP contribution in [0.15, 0.2) is 54.2 Å². The standard InChI is InChI=1S/C21H16FN5O2S/c1-11-5-6-14(26-20(28)12-3-2-4-13(22)7-12)8-16(11)27-21(29)15-9-30-18-17(15)24-10-25-19(18)23/h2-10H,1H3,(H,26,28)(H,27,29)(H2,23,24,25). The summed E-state index contributed by atoms with van der Waals surface area (Å²) in [5.74, 6) is -0.975. The normalized spacial score (nSPS) is 10.7. The minimum Gasteiger partial charge on any atom is -0.382 e. The number of hydrogen-bond acceptors (Lipinski definition) is 6. The summed E-state index contributed by atoms with van der Waals surface area (Å²) in [6.07, 6.45) is 1.31. The molecule has 7 nitrogen and oxygen atoms in total. The van der Waals surface area contributed by atoms with E-state index in [1.54, 1.807) is 23.6 Å². The highest BCUT2D eigenvalue weighted by molar-refractivity contribution is 7.18. The van der Waals surface area contributed by atoms with Crippen molar-refractivity contribution in [2.45, 2.75) is 6.92 Å². The smallest absolute Gasteiger partial charge is 0.258 e. The van der Waals surface area contributed by atoms with Crippen LogP contribution in [0.2, 0.25) is 0 Å². The van der Waals surface area contributed by atoms with Gasteiger partial charge in [0.15, 0.2) is 0 Å². The predicted octanol–water partition coefficient (Wildman–Crippen LogP) is 4.23. The van der Waals surface area contributed by atoms with Crippen LogP contribution in [0.25, 0.3) is 10.2 Å². The summed E-state index contributed by atoms with van der Waals surface area (Å²) in [6.45, 7) is 1.83. The number of anilines is 3. The molecule has 0 radical (unpaired) electrons. The Labute approximate surface area is 174 Å². The molecule has 0 spiro atoms. The number of carbonyl (C=O) groups excluding carboxylic acids is 2. The molecule has 2 aromatic carbocycles. The third-order valence-corrected chi connectivity index (χ3v) is 5.45. The van der Waals surface area contributed by atoms with Gasteiger partial charge in [0.05, 0.1) is 15.8 Å². The van der Waals surface area contributed by atoms with E-state index in [1.165, 1.54) is 35.9 Å². The fourth-order valence-electron chi connectivity index (χ4n) is 2.89. The number of nitrogens with two attached hydrogens (primary N) is 1. The van der Waals surface area contributed by atoms with Crippen LogP contribution in [0.1, 0.15) is 26.3 Å². The van der Waals surface area contributed by atoms with Crippen molar-refractivity contribution in [3.63, 3.8) is 0 Å². The fourth-order valence-corrected chi connectivity index (χ4v) is 3.79. The zero-order valence-corrected chi connectivity index (χ0v) is 16.6. The van der Waals surface area contributed by atoms with Gasteiger partial charge in [0.2, 0.25) is 0 Å². The van der Waals surface area contributed by atoms with Gasteiger partial charge in [-0.25, -0.2) is 14.4 Å². The number of carbonyl (C=O) groups is 2. The van der Waals surface area contributed by atoms with Crippen LogP contribution in [-0.4, -0.2) is 21.8 Å². The Morgan fingerprint density at radius 3 is 2.70 bits per heavy atom. The van der Waals surface area contributed by atoms with Crippen LogP contribution < -0.4 is 16.4 Å². The van der Waals surface area contributed by atoms with E-state index in [9.17, 15) is 14.0 Å². The zero-order chi connectivity index (χ0) is 21.3. The third kappa shape index (κ3) is 3.83. The summed E-state index contributed by atoms with van der Waals surface area (Å²) in [5, 5.41) is 7.22. The lowest BCUT2D eigenvalue weighted by Gasteiger charge is -2.11. The molecule has 4 aromatic rings. The van der Waals surface area contributed by atoms with Gasteiger partial charge in [-0.2, -0.15) is 0 Å². The Hall–Kier alpha value is -3.85. The molecule has 0 saturated heterocycles. The molecule has 0 saturated carbocycles. The number of nitrogens with zero attached hydrogens (tertiary/aromatic N) is 2. The number of halogens is 1. The van der Waals surface area contributed by atoms with Crippen molar-refractivity contribution < 1.29 is 14.0 Å². The molecule has 0 bridgehead atoms. The number of amides is 2. The van der Waals surface area contributed by atoms with Crippen LogP contribution in [0.4, 0.5) is 21.6 Å². The summed E-state index contributed by atoms with van der Waals surface area (Å²) < 4.78 is 14.0.